The molecule has 3 aromatic rings. The summed E-state index contributed by atoms with van der Waals surface area (Å²) in [6.45, 7) is 3.16. The SMILES string of the molecule is COCCCN1C(=S)NC(c2ccc(OC)c(O)c2)C(c2nc(-c3ccc(F)cc3)no2)=C1C. The number of phenolic OH excluding ortho intramolecular Hbond substituents is 1. The highest BCUT2D eigenvalue weighted by atomic mass is 32.1. The Balaban J connectivity index is 1.78. The van der Waals surface area contributed by atoms with E-state index in [2.05, 4.69) is 15.5 Å². The van der Waals surface area contributed by atoms with Gasteiger partial charge in [-0.15, -0.1) is 0 Å². The van der Waals surface area contributed by atoms with Crippen LogP contribution >= 0.6 is 12.2 Å². The van der Waals surface area contributed by atoms with Gasteiger partial charge in [-0.05, 0) is 67.5 Å². The maximum atomic E-state index is 13.3. The number of phenols is 1. The fourth-order valence-corrected chi connectivity index (χ4v) is 4.23. The third-order valence-electron chi connectivity index (χ3n) is 5.62. The van der Waals surface area contributed by atoms with Crippen molar-refractivity contribution in [2.75, 3.05) is 27.4 Å². The van der Waals surface area contributed by atoms with Crippen LogP contribution in [0.15, 0.2) is 52.7 Å². The molecule has 0 saturated carbocycles. The van der Waals surface area contributed by atoms with Crippen LogP contribution in [0.25, 0.3) is 17.0 Å². The van der Waals surface area contributed by atoms with E-state index in [1.54, 1.807) is 31.4 Å². The highest BCUT2D eigenvalue weighted by Crippen LogP contribution is 2.39. The summed E-state index contributed by atoms with van der Waals surface area (Å²) in [7, 11) is 3.15. The van der Waals surface area contributed by atoms with E-state index in [0.29, 0.717) is 41.3 Å². The van der Waals surface area contributed by atoms with Crippen LogP contribution in [0.2, 0.25) is 0 Å². The second-order valence-corrected chi connectivity index (χ2v) is 8.13. The van der Waals surface area contributed by atoms with E-state index < -0.39 is 6.04 Å². The predicted molar refractivity (Wildman–Crippen MR) is 129 cm³/mol. The molecule has 1 unspecified atom stereocenters. The van der Waals surface area contributed by atoms with Gasteiger partial charge in [-0.2, -0.15) is 4.98 Å². The number of halogens is 1. The fraction of sp³-hybridized carbons (Fsp3) is 0.292. The Kier molecular flexibility index (Phi) is 7.09. The number of aromatic hydroxyl groups is 1. The monoisotopic (exact) mass is 484 g/mol. The Hall–Kier alpha value is -3.50. The molecule has 1 aliphatic heterocycles. The summed E-state index contributed by atoms with van der Waals surface area (Å²) in [6.07, 6.45) is 0.765. The van der Waals surface area contributed by atoms with Gasteiger partial charge in [-0.3, -0.25) is 0 Å². The second-order valence-electron chi connectivity index (χ2n) is 7.74. The molecule has 2 aromatic carbocycles. The van der Waals surface area contributed by atoms with E-state index in [9.17, 15) is 9.50 Å². The maximum Gasteiger partial charge on any atom is 0.258 e. The van der Waals surface area contributed by atoms with E-state index in [1.165, 1.54) is 19.2 Å². The Labute approximate surface area is 202 Å². The zero-order valence-electron chi connectivity index (χ0n) is 19.0. The van der Waals surface area contributed by atoms with Crippen molar-refractivity contribution in [2.45, 2.75) is 19.4 Å². The number of nitrogens with one attached hydrogen (secondary N) is 1. The molecule has 34 heavy (non-hydrogen) atoms. The molecule has 0 fully saturated rings. The summed E-state index contributed by atoms with van der Waals surface area (Å²) in [6, 6.07) is 10.6. The lowest BCUT2D eigenvalue weighted by atomic mass is 9.94. The molecule has 0 saturated heterocycles. The molecule has 0 radical (unpaired) electrons. The van der Waals surface area contributed by atoms with E-state index >= 15 is 0 Å². The van der Waals surface area contributed by atoms with Crippen molar-refractivity contribution in [2.24, 2.45) is 0 Å². The highest BCUT2D eigenvalue weighted by molar-refractivity contribution is 7.80. The molecular formula is C24H25FN4O4S. The minimum Gasteiger partial charge on any atom is -0.504 e. The number of ether oxygens (including phenoxy) is 2. The lowest BCUT2D eigenvalue weighted by Gasteiger charge is -2.37. The van der Waals surface area contributed by atoms with E-state index in [4.69, 9.17) is 26.2 Å². The maximum absolute atomic E-state index is 13.3. The van der Waals surface area contributed by atoms with Crippen molar-refractivity contribution in [1.82, 2.24) is 20.4 Å². The van der Waals surface area contributed by atoms with E-state index in [-0.39, 0.29) is 11.6 Å². The minimum atomic E-state index is -0.454. The number of aromatic nitrogens is 2. The van der Waals surface area contributed by atoms with Crippen LogP contribution in [0.3, 0.4) is 0 Å². The third-order valence-corrected chi connectivity index (χ3v) is 5.96. The summed E-state index contributed by atoms with van der Waals surface area (Å²) in [4.78, 5) is 6.56. The molecule has 4 rings (SSSR count). The van der Waals surface area contributed by atoms with Gasteiger partial charge in [0.2, 0.25) is 5.82 Å². The number of rotatable bonds is 8. The molecule has 10 heteroatoms. The molecule has 2 heterocycles. The van der Waals surface area contributed by atoms with Crippen molar-refractivity contribution in [3.63, 3.8) is 0 Å². The van der Waals surface area contributed by atoms with Crippen LogP contribution in [0.4, 0.5) is 4.39 Å². The third kappa shape index (κ3) is 4.73. The normalized spacial score (nSPS) is 16.1. The fourth-order valence-electron chi connectivity index (χ4n) is 3.88. The Bertz CT molecular complexity index is 1210. The lowest BCUT2D eigenvalue weighted by Crippen LogP contribution is -2.46. The summed E-state index contributed by atoms with van der Waals surface area (Å²) in [5.74, 6) is 0.656. The highest BCUT2D eigenvalue weighted by Gasteiger charge is 2.34. The van der Waals surface area contributed by atoms with Crippen LogP contribution in [0.1, 0.15) is 30.8 Å². The molecule has 1 aromatic heterocycles. The van der Waals surface area contributed by atoms with Gasteiger partial charge < -0.3 is 29.3 Å². The molecule has 178 valence electrons. The largest absolute Gasteiger partial charge is 0.504 e. The first-order chi connectivity index (χ1) is 16.4. The number of benzene rings is 2. The Morgan fingerprint density at radius 2 is 1.97 bits per heavy atom. The van der Waals surface area contributed by atoms with Crippen LogP contribution in [-0.4, -0.2) is 52.6 Å². The standard InChI is InChI=1S/C24H25FN4O4S/c1-14-20(23-27-22(28-33-23)15-5-8-17(25)9-6-15)21(16-7-10-19(32-3)18(30)13-16)26-24(34)29(14)11-4-12-31-2/h5-10,13,21,30H,4,11-12H2,1-3H3,(H,26,34). The summed E-state index contributed by atoms with van der Waals surface area (Å²) < 4.78 is 29.4. The number of hydrogen-bond donors (Lipinski definition) is 2. The van der Waals surface area contributed by atoms with Gasteiger partial charge in [0.05, 0.1) is 18.7 Å². The van der Waals surface area contributed by atoms with Crippen molar-refractivity contribution >= 4 is 22.9 Å². The molecule has 2 N–H and O–H groups in total. The van der Waals surface area contributed by atoms with E-state index in [1.807, 2.05) is 17.9 Å². The van der Waals surface area contributed by atoms with Crippen molar-refractivity contribution < 1.29 is 23.5 Å². The second kappa shape index (κ2) is 10.2. The Morgan fingerprint density at radius 3 is 2.65 bits per heavy atom. The van der Waals surface area contributed by atoms with Gasteiger partial charge >= 0.3 is 0 Å². The average Bonchev–Trinajstić information content (AvgIpc) is 3.31. The van der Waals surface area contributed by atoms with Crippen LogP contribution in [-0.2, 0) is 4.74 Å². The lowest BCUT2D eigenvalue weighted by molar-refractivity contribution is 0.188. The minimum absolute atomic E-state index is 0.00442. The van der Waals surface area contributed by atoms with Crippen molar-refractivity contribution in [3.8, 4) is 22.9 Å². The van der Waals surface area contributed by atoms with Gasteiger partial charge in [0, 0.05) is 31.5 Å². The summed E-state index contributed by atoms with van der Waals surface area (Å²) in [5.41, 5.74) is 2.93. The number of methoxy groups -OCH3 is 2. The van der Waals surface area contributed by atoms with Gasteiger partial charge in [-0.25, -0.2) is 4.39 Å². The number of allylic oxidation sites excluding steroid dienone is 1. The van der Waals surface area contributed by atoms with Crippen LogP contribution < -0.4 is 10.1 Å². The molecule has 0 bridgehead atoms. The molecule has 0 aliphatic carbocycles. The molecule has 0 amide bonds. The zero-order valence-corrected chi connectivity index (χ0v) is 19.9. The van der Waals surface area contributed by atoms with Gasteiger partial charge in [-0.1, -0.05) is 11.2 Å². The first kappa shape index (κ1) is 23.7. The first-order valence-electron chi connectivity index (χ1n) is 10.7. The van der Waals surface area contributed by atoms with E-state index in [0.717, 1.165) is 23.3 Å². The predicted octanol–water partition coefficient (Wildman–Crippen LogP) is 4.29. The van der Waals surface area contributed by atoms with Crippen molar-refractivity contribution in [3.05, 3.63) is 65.4 Å². The molecule has 0 spiro atoms. The quantitative estimate of drug-likeness (QED) is 0.359. The topological polar surface area (TPSA) is 92.9 Å². The van der Waals surface area contributed by atoms with Crippen LogP contribution in [0.5, 0.6) is 11.5 Å². The first-order valence-corrected chi connectivity index (χ1v) is 11.1. The van der Waals surface area contributed by atoms with Crippen molar-refractivity contribution in [1.29, 1.82) is 0 Å². The molecule has 8 nitrogen and oxygen atoms in total. The molecule has 1 aliphatic rings. The summed E-state index contributed by atoms with van der Waals surface area (Å²) >= 11 is 5.66. The molecular weight excluding hydrogens is 459 g/mol. The number of nitrogens with zero attached hydrogens (tertiary/aromatic N) is 3. The number of hydrogen-bond acceptors (Lipinski definition) is 7. The van der Waals surface area contributed by atoms with Gasteiger partial charge in [0.25, 0.3) is 5.89 Å². The Morgan fingerprint density at radius 1 is 1.21 bits per heavy atom. The average molecular weight is 485 g/mol. The van der Waals surface area contributed by atoms with Crippen LogP contribution in [0, 0.1) is 5.82 Å². The number of thiocarbonyl (C=S) groups is 1. The summed E-state index contributed by atoms with van der Waals surface area (Å²) in [5, 5.41) is 18.4. The smallest absolute Gasteiger partial charge is 0.258 e. The van der Waals surface area contributed by atoms with Gasteiger partial charge in [0.1, 0.15) is 5.82 Å². The van der Waals surface area contributed by atoms with Gasteiger partial charge in [0.15, 0.2) is 16.6 Å². The zero-order chi connectivity index (χ0) is 24.2. The molecule has 1 atom stereocenters.